The van der Waals surface area contributed by atoms with E-state index >= 15 is 0 Å². The van der Waals surface area contributed by atoms with Crippen molar-refractivity contribution in [3.63, 3.8) is 0 Å². The molecular weight excluding hydrogens is 305 g/mol. The average Bonchev–Trinajstić information content (AvgIpc) is 2.74. The summed E-state index contributed by atoms with van der Waals surface area (Å²) < 4.78 is 1.89. The number of nitrogens with zero attached hydrogens (tertiary/aromatic N) is 2. The summed E-state index contributed by atoms with van der Waals surface area (Å²) >= 11 is 12.8. The van der Waals surface area contributed by atoms with Gasteiger partial charge < -0.3 is 5.32 Å². The number of hydrogen-bond donors (Lipinski definition) is 1. The lowest BCUT2D eigenvalue weighted by atomic mass is 9.93. The quantitative estimate of drug-likeness (QED) is 0.874. The van der Waals surface area contributed by atoms with E-state index in [2.05, 4.69) is 23.4 Å². The van der Waals surface area contributed by atoms with Gasteiger partial charge in [-0.15, -0.1) is 0 Å². The van der Waals surface area contributed by atoms with E-state index < -0.39 is 0 Å². The van der Waals surface area contributed by atoms with Gasteiger partial charge in [0.05, 0.1) is 16.4 Å². The maximum Gasteiger partial charge on any atom is 0.0849 e. The van der Waals surface area contributed by atoms with Crippen LogP contribution in [-0.2, 0) is 19.9 Å². The molecule has 1 aromatic heterocycles. The summed E-state index contributed by atoms with van der Waals surface area (Å²) in [7, 11) is 3.90. The Hall–Kier alpha value is -1.03. The molecule has 1 N–H and O–H groups in total. The van der Waals surface area contributed by atoms with E-state index in [1.807, 2.05) is 37.0 Å². The molecule has 2 aromatic rings. The van der Waals surface area contributed by atoms with E-state index in [1.54, 1.807) is 0 Å². The van der Waals surface area contributed by atoms with Crippen LogP contribution in [0.25, 0.3) is 0 Å². The van der Waals surface area contributed by atoms with Gasteiger partial charge in [-0.3, -0.25) is 4.68 Å². The molecule has 3 nitrogen and oxygen atoms in total. The number of likely N-dealkylation sites (N-methyl/N-ethyl adjacent to an activating group) is 1. The predicted molar refractivity (Wildman–Crippen MR) is 89.4 cm³/mol. The second-order valence-corrected chi connectivity index (χ2v) is 5.95. The number of hydrogen-bond acceptors (Lipinski definition) is 2. The summed E-state index contributed by atoms with van der Waals surface area (Å²) in [4.78, 5) is 0. The van der Waals surface area contributed by atoms with Gasteiger partial charge in [-0.1, -0.05) is 48.3 Å². The Morgan fingerprint density at radius 2 is 2.00 bits per heavy atom. The summed E-state index contributed by atoms with van der Waals surface area (Å²) in [6.45, 7) is 2.91. The molecule has 0 aliphatic rings. The molecule has 0 aliphatic carbocycles. The van der Waals surface area contributed by atoms with Crippen LogP contribution in [0.4, 0.5) is 0 Å². The summed E-state index contributed by atoms with van der Waals surface area (Å²) in [5, 5.41) is 9.31. The molecule has 0 fully saturated rings. The van der Waals surface area contributed by atoms with Gasteiger partial charge in [0, 0.05) is 24.5 Å². The molecule has 0 saturated carbocycles. The van der Waals surface area contributed by atoms with Crippen molar-refractivity contribution in [2.24, 2.45) is 7.05 Å². The molecule has 0 amide bonds. The van der Waals surface area contributed by atoms with Crippen molar-refractivity contribution in [2.45, 2.75) is 25.7 Å². The van der Waals surface area contributed by atoms with Gasteiger partial charge in [0.25, 0.3) is 0 Å². The molecule has 1 unspecified atom stereocenters. The van der Waals surface area contributed by atoms with Crippen LogP contribution in [0.1, 0.15) is 29.8 Å². The Morgan fingerprint density at radius 3 is 2.57 bits per heavy atom. The van der Waals surface area contributed by atoms with Crippen LogP contribution in [0.15, 0.2) is 24.3 Å². The lowest BCUT2D eigenvalue weighted by Gasteiger charge is -2.18. The van der Waals surface area contributed by atoms with Gasteiger partial charge in [0.1, 0.15) is 0 Å². The predicted octanol–water partition coefficient (Wildman–Crippen LogP) is 3.84. The fourth-order valence-electron chi connectivity index (χ4n) is 2.62. The van der Waals surface area contributed by atoms with Gasteiger partial charge in [-0.25, -0.2) is 0 Å². The fourth-order valence-corrected chi connectivity index (χ4v) is 3.28. The molecule has 21 heavy (non-hydrogen) atoms. The van der Waals surface area contributed by atoms with Crippen molar-refractivity contribution in [1.82, 2.24) is 15.1 Å². The summed E-state index contributed by atoms with van der Waals surface area (Å²) in [6.07, 6.45) is 1.66. The maximum atomic E-state index is 6.46. The zero-order valence-corrected chi connectivity index (χ0v) is 14.2. The van der Waals surface area contributed by atoms with Crippen molar-refractivity contribution in [1.29, 1.82) is 0 Å². The van der Waals surface area contributed by atoms with E-state index in [0.29, 0.717) is 0 Å². The highest BCUT2D eigenvalue weighted by atomic mass is 35.5. The monoisotopic (exact) mass is 325 g/mol. The van der Waals surface area contributed by atoms with E-state index in [4.69, 9.17) is 23.2 Å². The molecule has 0 radical (unpaired) electrons. The topological polar surface area (TPSA) is 29.9 Å². The van der Waals surface area contributed by atoms with E-state index in [9.17, 15) is 0 Å². The molecular formula is C16H21Cl2N3. The smallest absolute Gasteiger partial charge is 0.0849 e. The maximum absolute atomic E-state index is 6.46. The largest absolute Gasteiger partial charge is 0.319 e. The van der Waals surface area contributed by atoms with Crippen LogP contribution in [0, 0.1) is 0 Å². The van der Waals surface area contributed by atoms with Gasteiger partial charge in [0.15, 0.2) is 0 Å². The lowest BCUT2D eigenvalue weighted by Crippen LogP contribution is -2.20. The first-order chi connectivity index (χ1) is 10.1. The third-order valence-electron chi connectivity index (χ3n) is 3.74. The van der Waals surface area contributed by atoms with Crippen molar-refractivity contribution in [2.75, 3.05) is 13.6 Å². The van der Waals surface area contributed by atoms with Crippen LogP contribution in [0.2, 0.25) is 10.0 Å². The molecule has 2 rings (SSSR count). The number of nitrogens with one attached hydrogen (secondary N) is 1. The number of rotatable bonds is 6. The highest BCUT2D eigenvalue weighted by Crippen LogP contribution is 2.30. The SMILES string of the molecule is CCc1nn(C)c(CC(CNC)c2ccccc2Cl)c1Cl. The Balaban J connectivity index is 2.33. The average molecular weight is 326 g/mol. The summed E-state index contributed by atoms with van der Waals surface area (Å²) in [5.41, 5.74) is 3.16. The molecule has 0 spiro atoms. The first-order valence-electron chi connectivity index (χ1n) is 7.17. The van der Waals surface area contributed by atoms with E-state index in [0.717, 1.165) is 46.4 Å². The standard InChI is InChI=1S/C16H21Cl2N3/c1-4-14-16(18)15(21(3)20-14)9-11(10-19-2)12-7-5-6-8-13(12)17/h5-8,11,19H,4,9-10H2,1-3H3. The number of aromatic nitrogens is 2. The Kier molecular flexibility index (Phi) is 5.68. The Bertz CT molecular complexity index is 608. The second-order valence-electron chi connectivity index (χ2n) is 5.16. The highest BCUT2D eigenvalue weighted by Gasteiger charge is 2.20. The van der Waals surface area contributed by atoms with Crippen LogP contribution < -0.4 is 5.32 Å². The molecule has 114 valence electrons. The third kappa shape index (κ3) is 3.60. The molecule has 0 bridgehead atoms. The zero-order chi connectivity index (χ0) is 15.4. The van der Waals surface area contributed by atoms with E-state index in [-0.39, 0.29) is 5.92 Å². The van der Waals surface area contributed by atoms with Crippen molar-refractivity contribution in [3.8, 4) is 0 Å². The molecule has 5 heteroatoms. The summed E-state index contributed by atoms with van der Waals surface area (Å²) in [6, 6.07) is 7.98. The Labute approximate surface area is 136 Å². The van der Waals surface area contributed by atoms with E-state index in [1.165, 1.54) is 0 Å². The van der Waals surface area contributed by atoms with Crippen LogP contribution in [-0.4, -0.2) is 23.4 Å². The van der Waals surface area contributed by atoms with Gasteiger partial charge in [-0.05, 0) is 31.5 Å². The minimum absolute atomic E-state index is 0.265. The Morgan fingerprint density at radius 1 is 1.29 bits per heavy atom. The first-order valence-corrected chi connectivity index (χ1v) is 7.93. The number of halogens is 2. The van der Waals surface area contributed by atoms with Crippen LogP contribution >= 0.6 is 23.2 Å². The summed E-state index contributed by atoms with van der Waals surface area (Å²) in [5.74, 6) is 0.265. The van der Waals surface area contributed by atoms with Gasteiger partial charge >= 0.3 is 0 Å². The highest BCUT2D eigenvalue weighted by molar-refractivity contribution is 6.32. The van der Waals surface area contributed by atoms with Crippen LogP contribution in [0.3, 0.4) is 0 Å². The molecule has 1 atom stereocenters. The normalized spacial score (nSPS) is 12.6. The number of benzene rings is 1. The fraction of sp³-hybridized carbons (Fsp3) is 0.438. The van der Waals surface area contributed by atoms with Crippen molar-refractivity contribution < 1.29 is 0 Å². The zero-order valence-electron chi connectivity index (χ0n) is 12.7. The second kappa shape index (κ2) is 7.30. The molecule has 0 aliphatic heterocycles. The first kappa shape index (κ1) is 16.3. The van der Waals surface area contributed by atoms with Crippen molar-refractivity contribution >= 4 is 23.2 Å². The lowest BCUT2D eigenvalue weighted by molar-refractivity contribution is 0.590. The molecule has 1 heterocycles. The van der Waals surface area contributed by atoms with Gasteiger partial charge in [-0.2, -0.15) is 5.10 Å². The van der Waals surface area contributed by atoms with Crippen LogP contribution in [0.5, 0.6) is 0 Å². The minimum Gasteiger partial charge on any atom is -0.319 e. The molecule has 1 aromatic carbocycles. The number of aryl methyl sites for hydroxylation is 2. The van der Waals surface area contributed by atoms with Gasteiger partial charge in [0.2, 0.25) is 0 Å². The minimum atomic E-state index is 0.265. The molecule has 0 saturated heterocycles. The van der Waals surface area contributed by atoms with Crippen molar-refractivity contribution in [3.05, 3.63) is 51.3 Å². The third-order valence-corrected chi connectivity index (χ3v) is 4.52.